The van der Waals surface area contributed by atoms with Crippen LogP contribution < -0.4 is 20.7 Å². The summed E-state index contributed by atoms with van der Waals surface area (Å²) in [7, 11) is 8.03. The molecule has 1 aromatic carbocycles. The van der Waals surface area contributed by atoms with Crippen LogP contribution in [0.2, 0.25) is 0 Å². The molecule has 0 atom stereocenters. The van der Waals surface area contributed by atoms with Gasteiger partial charge in [0.05, 0.1) is 18.7 Å². The van der Waals surface area contributed by atoms with Gasteiger partial charge in [0.1, 0.15) is 11.5 Å². The Morgan fingerprint density at radius 3 is 2.41 bits per heavy atom. The number of nitrogens with zero attached hydrogens (tertiary/aromatic N) is 4. The summed E-state index contributed by atoms with van der Waals surface area (Å²) in [6, 6.07) is 3.72. The molecule has 0 saturated carbocycles. The minimum atomic E-state index is -0.405. The van der Waals surface area contributed by atoms with Gasteiger partial charge in [0.2, 0.25) is 0 Å². The third-order valence-corrected chi connectivity index (χ3v) is 6.05. The summed E-state index contributed by atoms with van der Waals surface area (Å²) >= 11 is 4.91. The van der Waals surface area contributed by atoms with E-state index in [1.807, 2.05) is 12.1 Å². The Kier molecular flexibility index (Phi) is 5.38. The summed E-state index contributed by atoms with van der Waals surface area (Å²) in [6.07, 6.45) is 0. The first-order valence-electron chi connectivity index (χ1n) is 7.96. The van der Waals surface area contributed by atoms with Crippen molar-refractivity contribution in [2.45, 2.75) is 10.9 Å². The third kappa shape index (κ3) is 3.16. The highest BCUT2D eigenvalue weighted by atomic mass is 79.9. The number of imidazole rings is 1. The Hall–Kier alpha value is -2.20. The molecule has 8 nitrogen and oxygen atoms in total. The van der Waals surface area contributed by atoms with Crippen molar-refractivity contribution in [1.82, 2.24) is 18.7 Å². The fraction of sp³-hybridized carbons (Fsp3) is 0.353. The first-order chi connectivity index (χ1) is 12.8. The predicted molar refractivity (Wildman–Crippen MR) is 108 cm³/mol. The molecule has 2 heterocycles. The number of thioether (sulfide) groups is 1. The van der Waals surface area contributed by atoms with Crippen LogP contribution in [0.1, 0.15) is 5.56 Å². The highest BCUT2D eigenvalue weighted by molar-refractivity contribution is 9.10. The van der Waals surface area contributed by atoms with Crippen LogP contribution in [0.4, 0.5) is 0 Å². The number of fused-ring (bicyclic) bond motifs is 1. The second-order valence-corrected chi connectivity index (χ2v) is 7.68. The maximum absolute atomic E-state index is 12.5. The molecular formula is C17H19BrN4O4S. The Labute approximate surface area is 167 Å². The fourth-order valence-corrected chi connectivity index (χ4v) is 4.41. The number of halogens is 1. The minimum Gasteiger partial charge on any atom is -0.496 e. The Bertz CT molecular complexity index is 1150. The molecule has 3 rings (SSSR count). The second-order valence-electron chi connectivity index (χ2n) is 5.88. The zero-order valence-electron chi connectivity index (χ0n) is 15.6. The van der Waals surface area contributed by atoms with Crippen molar-refractivity contribution >= 4 is 38.9 Å². The van der Waals surface area contributed by atoms with E-state index in [4.69, 9.17) is 9.47 Å². The van der Waals surface area contributed by atoms with Crippen LogP contribution in [-0.4, -0.2) is 32.9 Å². The van der Waals surface area contributed by atoms with Gasteiger partial charge in [0.15, 0.2) is 16.3 Å². The molecule has 0 bridgehead atoms. The topological polar surface area (TPSA) is 80.3 Å². The molecule has 0 radical (unpaired) electrons. The zero-order chi connectivity index (χ0) is 19.9. The first-order valence-corrected chi connectivity index (χ1v) is 9.74. The van der Waals surface area contributed by atoms with Crippen molar-refractivity contribution < 1.29 is 9.47 Å². The number of rotatable bonds is 5. The molecule has 0 amide bonds. The Balaban J connectivity index is 2.08. The van der Waals surface area contributed by atoms with Gasteiger partial charge >= 0.3 is 5.69 Å². The number of aryl methyl sites for hydroxylation is 2. The van der Waals surface area contributed by atoms with Crippen molar-refractivity contribution in [2.75, 3.05) is 14.2 Å². The maximum atomic E-state index is 12.5. The lowest BCUT2D eigenvalue weighted by atomic mass is 10.2. The van der Waals surface area contributed by atoms with Gasteiger partial charge in [0, 0.05) is 32.5 Å². The Morgan fingerprint density at radius 1 is 1.07 bits per heavy atom. The van der Waals surface area contributed by atoms with Gasteiger partial charge < -0.3 is 14.0 Å². The average molecular weight is 455 g/mol. The lowest BCUT2D eigenvalue weighted by Gasteiger charge is -2.14. The summed E-state index contributed by atoms with van der Waals surface area (Å²) in [5, 5.41) is 0.618. The van der Waals surface area contributed by atoms with Crippen LogP contribution in [0.3, 0.4) is 0 Å². The number of methoxy groups -OCH3 is 2. The Morgan fingerprint density at radius 2 is 1.78 bits per heavy atom. The summed E-state index contributed by atoms with van der Waals surface area (Å²) in [5.41, 5.74) is 0.842. The molecule has 27 heavy (non-hydrogen) atoms. The van der Waals surface area contributed by atoms with E-state index >= 15 is 0 Å². The molecule has 0 N–H and O–H groups in total. The minimum absolute atomic E-state index is 0.362. The first kappa shape index (κ1) is 19.6. The SMILES string of the molecule is COc1ccc(Br)c(OC)c1CSc1nc2c(c(=O)n(C)c(=O)n2C)n1C. The third-order valence-electron chi connectivity index (χ3n) is 4.37. The van der Waals surface area contributed by atoms with E-state index in [2.05, 4.69) is 20.9 Å². The summed E-state index contributed by atoms with van der Waals surface area (Å²) in [4.78, 5) is 29.1. The molecule has 0 unspecified atom stereocenters. The van der Waals surface area contributed by atoms with Crippen LogP contribution >= 0.6 is 27.7 Å². The lowest BCUT2D eigenvalue weighted by Crippen LogP contribution is -2.37. The molecule has 2 aromatic heterocycles. The summed E-state index contributed by atoms with van der Waals surface area (Å²) < 4.78 is 15.9. The molecular weight excluding hydrogens is 436 g/mol. The molecule has 0 aliphatic rings. The highest BCUT2D eigenvalue weighted by Gasteiger charge is 2.19. The molecule has 144 valence electrons. The number of ether oxygens (including phenoxy) is 2. The summed E-state index contributed by atoms with van der Waals surface area (Å²) in [5.74, 6) is 1.89. The van der Waals surface area contributed by atoms with Crippen LogP contribution in [0.25, 0.3) is 11.2 Å². The van der Waals surface area contributed by atoms with Gasteiger partial charge in [-0.1, -0.05) is 11.8 Å². The van der Waals surface area contributed by atoms with Crippen LogP contribution in [-0.2, 0) is 26.9 Å². The van der Waals surface area contributed by atoms with Gasteiger partial charge in [-0.15, -0.1) is 0 Å². The number of aromatic nitrogens is 4. The monoisotopic (exact) mass is 454 g/mol. The van der Waals surface area contributed by atoms with Crippen molar-refractivity contribution in [2.24, 2.45) is 21.1 Å². The smallest absolute Gasteiger partial charge is 0.332 e. The van der Waals surface area contributed by atoms with Gasteiger partial charge in [-0.25, -0.2) is 9.78 Å². The standard InChI is InChI=1S/C17H19BrN4O4S/c1-20-12-14(21(2)17(24)22(3)15(12)23)19-16(20)27-8-9-11(25-4)7-6-10(18)13(9)26-5/h6-7H,8H2,1-5H3. The predicted octanol–water partition coefficient (Wildman–Crippen LogP) is 2.04. The summed E-state index contributed by atoms with van der Waals surface area (Å²) in [6.45, 7) is 0. The van der Waals surface area contributed by atoms with E-state index in [1.165, 1.54) is 23.4 Å². The lowest BCUT2D eigenvalue weighted by molar-refractivity contribution is 0.386. The molecule has 10 heteroatoms. The fourth-order valence-electron chi connectivity index (χ4n) is 2.89. The highest BCUT2D eigenvalue weighted by Crippen LogP contribution is 2.39. The molecule has 0 saturated heterocycles. The molecule has 0 aliphatic heterocycles. The number of hydrogen-bond donors (Lipinski definition) is 0. The van der Waals surface area contributed by atoms with Crippen LogP contribution in [0.15, 0.2) is 31.4 Å². The number of hydrogen-bond acceptors (Lipinski definition) is 6. The quantitative estimate of drug-likeness (QED) is 0.548. The number of benzene rings is 1. The van der Waals surface area contributed by atoms with Gasteiger partial charge in [0.25, 0.3) is 5.56 Å². The molecule has 0 spiro atoms. The molecule has 0 aliphatic carbocycles. The maximum Gasteiger partial charge on any atom is 0.332 e. The normalized spacial score (nSPS) is 11.2. The zero-order valence-corrected chi connectivity index (χ0v) is 18.0. The average Bonchev–Trinajstić information content (AvgIpc) is 2.99. The van der Waals surface area contributed by atoms with Crippen molar-refractivity contribution in [3.8, 4) is 11.5 Å². The van der Waals surface area contributed by atoms with E-state index in [-0.39, 0.29) is 5.56 Å². The van der Waals surface area contributed by atoms with E-state index in [1.54, 1.807) is 32.9 Å². The van der Waals surface area contributed by atoms with E-state index in [0.717, 1.165) is 14.6 Å². The van der Waals surface area contributed by atoms with E-state index in [9.17, 15) is 9.59 Å². The second kappa shape index (κ2) is 7.43. The van der Waals surface area contributed by atoms with Crippen molar-refractivity contribution in [3.63, 3.8) is 0 Å². The van der Waals surface area contributed by atoms with Crippen LogP contribution in [0, 0.1) is 0 Å². The molecule has 3 aromatic rings. The van der Waals surface area contributed by atoms with Gasteiger partial charge in [-0.3, -0.25) is 13.9 Å². The largest absolute Gasteiger partial charge is 0.496 e. The van der Waals surface area contributed by atoms with Crippen LogP contribution in [0.5, 0.6) is 11.5 Å². The van der Waals surface area contributed by atoms with Gasteiger partial charge in [-0.2, -0.15) is 0 Å². The van der Waals surface area contributed by atoms with E-state index in [0.29, 0.717) is 33.6 Å². The van der Waals surface area contributed by atoms with Crippen molar-refractivity contribution in [3.05, 3.63) is 43.0 Å². The van der Waals surface area contributed by atoms with Gasteiger partial charge in [-0.05, 0) is 28.1 Å². The molecule has 0 fully saturated rings. The van der Waals surface area contributed by atoms with Crippen molar-refractivity contribution in [1.29, 1.82) is 0 Å². The van der Waals surface area contributed by atoms with E-state index < -0.39 is 5.69 Å².